The standard InChI is InChI=1S/C25H25N3O5S/c1-17-4-11-22(12-5-17)34(30,31)28(3)15-19-6-8-20(9-7-19)25(29)27-26-18(2)21-10-13-23-24(14-21)33-16-32-23/h4-14H,15-16H2,1-3H3,(H,27,29)/b26-18+. The van der Waals surface area contributed by atoms with Crippen LogP contribution in [0.4, 0.5) is 0 Å². The highest BCUT2D eigenvalue weighted by Crippen LogP contribution is 2.32. The minimum absolute atomic E-state index is 0.180. The Balaban J connectivity index is 1.38. The molecule has 8 nitrogen and oxygen atoms in total. The SMILES string of the molecule is C/C(=N\NC(=O)c1ccc(CN(C)S(=O)(=O)c2ccc(C)cc2)cc1)c1ccc2c(c1)OCO2. The van der Waals surface area contributed by atoms with E-state index < -0.39 is 10.0 Å². The van der Waals surface area contributed by atoms with Gasteiger partial charge < -0.3 is 9.47 Å². The van der Waals surface area contributed by atoms with E-state index in [4.69, 9.17) is 9.47 Å². The average Bonchev–Trinajstić information content (AvgIpc) is 3.31. The lowest BCUT2D eigenvalue weighted by molar-refractivity contribution is 0.0954. The number of sulfonamides is 1. The molecule has 0 radical (unpaired) electrons. The summed E-state index contributed by atoms with van der Waals surface area (Å²) in [5, 5.41) is 4.17. The topological polar surface area (TPSA) is 97.3 Å². The van der Waals surface area contributed by atoms with Gasteiger partial charge in [0, 0.05) is 24.7 Å². The molecule has 3 aromatic rings. The fourth-order valence-electron chi connectivity index (χ4n) is 3.38. The number of hydrogen-bond acceptors (Lipinski definition) is 6. The van der Waals surface area contributed by atoms with Crippen LogP contribution in [0.3, 0.4) is 0 Å². The molecule has 176 valence electrons. The minimum atomic E-state index is -3.61. The van der Waals surface area contributed by atoms with Gasteiger partial charge >= 0.3 is 0 Å². The van der Waals surface area contributed by atoms with E-state index >= 15 is 0 Å². The van der Waals surface area contributed by atoms with E-state index in [9.17, 15) is 13.2 Å². The van der Waals surface area contributed by atoms with Gasteiger partial charge in [0.25, 0.3) is 5.91 Å². The van der Waals surface area contributed by atoms with Crippen molar-refractivity contribution in [3.63, 3.8) is 0 Å². The molecule has 0 aromatic heterocycles. The second kappa shape index (κ2) is 9.66. The van der Waals surface area contributed by atoms with Gasteiger partial charge in [-0.05, 0) is 61.9 Å². The second-order valence-corrected chi connectivity index (χ2v) is 10.0. The Labute approximate surface area is 198 Å². The molecule has 1 aliphatic rings. The Bertz CT molecular complexity index is 1330. The van der Waals surface area contributed by atoms with Crippen molar-refractivity contribution < 1.29 is 22.7 Å². The molecule has 1 N–H and O–H groups in total. The van der Waals surface area contributed by atoms with E-state index in [0.717, 1.165) is 16.7 Å². The molecule has 1 heterocycles. The predicted octanol–water partition coefficient (Wildman–Crippen LogP) is 3.70. The van der Waals surface area contributed by atoms with E-state index in [1.807, 2.05) is 19.1 Å². The molecule has 1 amide bonds. The van der Waals surface area contributed by atoms with Gasteiger partial charge in [0.2, 0.25) is 16.8 Å². The van der Waals surface area contributed by atoms with Crippen LogP contribution in [-0.4, -0.2) is 38.2 Å². The molecule has 9 heteroatoms. The van der Waals surface area contributed by atoms with Gasteiger partial charge in [0.05, 0.1) is 10.6 Å². The Morgan fingerprint density at radius 2 is 1.62 bits per heavy atom. The Kier molecular flexibility index (Phi) is 6.67. The van der Waals surface area contributed by atoms with E-state index in [2.05, 4.69) is 10.5 Å². The van der Waals surface area contributed by atoms with Gasteiger partial charge in [0.1, 0.15) is 0 Å². The lowest BCUT2D eigenvalue weighted by atomic mass is 10.1. The monoisotopic (exact) mass is 479 g/mol. The number of rotatable bonds is 7. The third-order valence-corrected chi connectivity index (χ3v) is 7.28. The second-order valence-electron chi connectivity index (χ2n) is 7.98. The van der Waals surface area contributed by atoms with Crippen molar-refractivity contribution in [1.82, 2.24) is 9.73 Å². The minimum Gasteiger partial charge on any atom is -0.454 e. The van der Waals surface area contributed by atoms with E-state index in [-0.39, 0.29) is 24.1 Å². The normalized spacial score (nSPS) is 13.2. The highest BCUT2D eigenvalue weighted by Gasteiger charge is 2.21. The number of amides is 1. The smallest absolute Gasteiger partial charge is 0.271 e. The van der Waals surface area contributed by atoms with Crippen LogP contribution in [0.1, 0.15) is 34.0 Å². The van der Waals surface area contributed by atoms with E-state index in [1.54, 1.807) is 61.5 Å². The molecule has 0 saturated carbocycles. The van der Waals surface area contributed by atoms with E-state index in [0.29, 0.717) is 22.8 Å². The molecule has 0 atom stereocenters. The van der Waals surface area contributed by atoms with Crippen molar-refractivity contribution in [2.24, 2.45) is 5.10 Å². The first-order valence-corrected chi connectivity index (χ1v) is 12.0. The van der Waals surface area contributed by atoms with Crippen molar-refractivity contribution in [3.05, 3.63) is 89.0 Å². The fourth-order valence-corrected chi connectivity index (χ4v) is 4.54. The molecule has 0 aliphatic carbocycles. The van der Waals surface area contributed by atoms with Crippen LogP contribution in [0.5, 0.6) is 11.5 Å². The molecule has 0 fully saturated rings. The summed E-state index contributed by atoms with van der Waals surface area (Å²) in [5.41, 5.74) is 6.13. The average molecular weight is 480 g/mol. The lowest BCUT2D eigenvalue weighted by Crippen LogP contribution is -2.26. The van der Waals surface area contributed by atoms with Crippen molar-refractivity contribution >= 4 is 21.6 Å². The number of nitrogens with one attached hydrogen (secondary N) is 1. The molecule has 0 saturated heterocycles. The highest BCUT2D eigenvalue weighted by atomic mass is 32.2. The summed E-state index contributed by atoms with van der Waals surface area (Å²) in [5.74, 6) is 0.952. The molecular weight excluding hydrogens is 454 g/mol. The zero-order valence-corrected chi connectivity index (χ0v) is 19.9. The number of aryl methyl sites for hydroxylation is 1. The number of hydrazone groups is 1. The van der Waals surface area contributed by atoms with Gasteiger partial charge in [-0.2, -0.15) is 9.41 Å². The van der Waals surface area contributed by atoms with Gasteiger partial charge in [-0.3, -0.25) is 4.79 Å². The Hall–Kier alpha value is -3.69. The number of ether oxygens (including phenoxy) is 2. The third kappa shape index (κ3) is 5.11. The Morgan fingerprint density at radius 3 is 2.32 bits per heavy atom. The van der Waals surface area contributed by atoms with Gasteiger partial charge in [0.15, 0.2) is 11.5 Å². The quantitative estimate of drug-likeness (QED) is 0.412. The maximum absolute atomic E-state index is 12.8. The van der Waals surface area contributed by atoms with Crippen molar-refractivity contribution in [3.8, 4) is 11.5 Å². The molecule has 4 rings (SSSR count). The fraction of sp³-hybridized carbons (Fsp3) is 0.200. The molecule has 3 aromatic carbocycles. The molecule has 0 bridgehead atoms. The van der Waals surface area contributed by atoms with Crippen LogP contribution in [0.2, 0.25) is 0 Å². The maximum Gasteiger partial charge on any atom is 0.271 e. The lowest BCUT2D eigenvalue weighted by Gasteiger charge is -2.17. The molecule has 1 aliphatic heterocycles. The number of carbonyl (C=O) groups is 1. The van der Waals surface area contributed by atoms with Gasteiger partial charge in [-0.25, -0.2) is 13.8 Å². The summed E-state index contributed by atoms with van der Waals surface area (Å²) in [4.78, 5) is 12.7. The zero-order chi connectivity index (χ0) is 24.3. The highest BCUT2D eigenvalue weighted by molar-refractivity contribution is 7.89. The van der Waals surface area contributed by atoms with E-state index in [1.165, 1.54) is 11.4 Å². The molecule has 0 unspecified atom stereocenters. The van der Waals surface area contributed by atoms with Crippen LogP contribution in [-0.2, 0) is 16.6 Å². The first-order valence-electron chi connectivity index (χ1n) is 10.6. The summed E-state index contributed by atoms with van der Waals surface area (Å²) < 4.78 is 37.5. The summed E-state index contributed by atoms with van der Waals surface area (Å²) in [7, 11) is -2.08. The number of carbonyl (C=O) groups excluding carboxylic acids is 1. The first-order chi connectivity index (χ1) is 16.2. The van der Waals surface area contributed by atoms with Gasteiger partial charge in [-0.15, -0.1) is 0 Å². The van der Waals surface area contributed by atoms with Gasteiger partial charge in [-0.1, -0.05) is 29.8 Å². The molecule has 34 heavy (non-hydrogen) atoms. The largest absolute Gasteiger partial charge is 0.454 e. The number of fused-ring (bicyclic) bond motifs is 1. The van der Waals surface area contributed by atoms with Crippen LogP contribution >= 0.6 is 0 Å². The number of benzene rings is 3. The van der Waals surface area contributed by atoms with Crippen molar-refractivity contribution in [2.45, 2.75) is 25.3 Å². The van der Waals surface area contributed by atoms with Crippen LogP contribution in [0, 0.1) is 6.92 Å². The maximum atomic E-state index is 12.8. The predicted molar refractivity (Wildman–Crippen MR) is 129 cm³/mol. The summed E-state index contributed by atoms with van der Waals surface area (Å²) >= 11 is 0. The number of hydrogen-bond donors (Lipinski definition) is 1. The zero-order valence-electron chi connectivity index (χ0n) is 19.1. The first kappa shape index (κ1) is 23.5. The van der Waals surface area contributed by atoms with Crippen LogP contribution in [0.15, 0.2) is 76.7 Å². The molecular formula is C25H25N3O5S. The summed E-state index contributed by atoms with van der Waals surface area (Å²) in [6.45, 7) is 4.06. The third-order valence-electron chi connectivity index (χ3n) is 5.47. The number of nitrogens with zero attached hydrogens (tertiary/aromatic N) is 2. The summed E-state index contributed by atoms with van der Waals surface area (Å²) in [6.07, 6.45) is 0. The van der Waals surface area contributed by atoms with Crippen LogP contribution < -0.4 is 14.9 Å². The molecule has 0 spiro atoms. The van der Waals surface area contributed by atoms with Crippen LogP contribution in [0.25, 0.3) is 0 Å². The Morgan fingerprint density at radius 1 is 0.971 bits per heavy atom. The van der Waals surface area contributed by atoms with Crippen molar-refractivity contribution in [1.29, 1.82) is 0 Å². The summed E-state index contributed by atoms with van der Waals surface area (Å²) in [6, 6.07) is 18.9. The van der Waals surface area contributed by atoms with Crippen molar-refractivity contribution in [2.75, 3.05) is 13.8 Å².